The van der Waals surface area contributed by atoms with Crippen LogP contribution >= 0.6 is 0 Å². The maximum absolute atomic E-state index is 13.0. The molecule has 2 heterocycles. The van der Waals surface area contributed by atoms with Crippen molar-refractivity contribution in [3.63, 3.8) is 0 Å². The number of sulfonamides is 1. The van der Waals surface area contributed by atoms with E-state index in [-0.39, 0.29) is 16.7 Å². The summed E-state index contributed by atoms with van der Waals surface area (Å²) in [5.74, 6) is 2.16. The number of carbonyl (C=O) groups is 1. The first-order valence-electron chi connectivity index (χ1n) is 11.1. The zero-order chi connectivity index (χ0) is 22.0. The number of rotatable bonds is 8. The van der Waals surface area contributed by atoms with Gasteiger partial charge in [-0.05, 0) is 55.9 Å². The summed E-state index contributed by atoms with van der Waals surface area (Å²) >= 11 is 0. The van der Waals surface area contributed by atoms with Crippen molar-refractivity contribution in [2.45, 2.75) is 56.8 Å². The summed E-state index contributed by atoms with van der Waals surface area (Å²) in [7, 11) is -3.53. The lowest BCUT2D eigenvalue weighted by Gasteiger charge is -2.32. The normalized spacial score (nSPS) is 19.7. The molecule has 1 saturated carbocycles. The molecular weight excluding hydrogens is 416 g/mol. The van der Waals surface area contributed by atoms with Crippen LogP contribution in [0.15, 0.2) is 33.7 Å². The van der Waals surface area contributed by atoms with Gasteiger partial charge in [-0.25, -0.2) is 8.42 Å². The Balaban J connectivity index is 1.40. The van der Waals surface area contributed by atoms with E-state index in [0.717, 1.165) is 31.5 Å². The average Bonchev–Trinajstić information content (AvgIpc) is 3.53. The summed E-state index contributed by atoms with van der Waals surface area (Å²) in [4.78, 5) is 19.6. The number of likely N-dealkylation sites (tertiary alicyclic amines) is 1. The van der Waals surface area contributed by atoms with Crippen molar-refractivity contribution in [1.29, 1.82) is 0 Å². The van der Waals surface area contributed by atoms with Crippen LogP contribution in [0.1, 0.15) is 67.5 Å². The Labute approximate surface area is 183 Å². The molecule has 0 spiro atoms. The smallest absolute Gasteiger partial charge is 0.253 e. The van der Waals surface area contributed by atoms with Gasteiger partial charge >= 0.3 is 0 Å². The second-order valence-corrected chi connectivity index (χ2v) is 10.3. The quantitative estimate of drug-likeness (QED) is 0.618. The lowest BCUT2D eigenvalue weighted by atomic mass is 9.94. The molecule has 0 bridgehead atoms. The number of nitrogens with zero attached hydrogens (tertiary/aromatic N) is 4. The summed E-state index contributed by atoms with van der Waals surface area (Å²) in [6.07, 6.45) is 4.91. The molecule has 1 atom stereocenters. The SMILES string of the molecule is CCN(CC)S(=O)(=O)c1ccc(C(=O)N2CCCC(Cc3nc(C4CC4)no3)C2)cc1. The number of benzene rings is 1. The van der Waals surface area contributed by atoms with Gasteiger partial charge in [0.15, 0.2) is 5.82 Å². The minimum absolute atomic E-state index is 0.0688. The first kappa shape index (κ1) is 22.0. The standard InChI is InChI=1S/C22H30N4O4S/c1-3-26(4-2)31(28,29)19-11-9-18(10-12-19)22(27)25-13-5-6-16(15-25)14-20-23-21(24-30-20)17-7-8-17/h9-12,16-17H,3-8,13-15H2,1-2H3. The van der Waals surface area contributed by atoms with Gasteiger partial charge < -0.3 is 9.42 Å². The van der Waals surface area contributed by atoms with Crippen molar-refractivity contribution in [3.8, 4) is 0 Å². The fourth-order valence-electron chi connectivity index (χ4n) is 4.19. The molecule has 1 aliphatic heterocycles. The van der Waals surface area contributed by atoms with E-state index in [2.05, 4.69) is 10.1 Å². The molecule has 31 heavy (non-hydrogen) atoms. The van der Waals surface area contributed by atoms with Gasteiger partial charge in [0.25, 0.3) is 5.91 Å². The van der Waals surface area contributed by atoms with Gasteiger partial charge in [-0.3, -0.25) is 4.79 Å². The molecule has 0 N–H and O–H groups in total. The lowest BCUT2D eigenvalue weighted by molar-refractivity contribution is 0.0668. The van der Waals surface area contributed by atoms with Gasteiger partial charge in [0.2, 0.25) is 15.9 Å². The highest BCUT2D eigenvalue weighted by molar-refractivity contribution is 7.89. The molecular formula is C22H30N4O4S. The Hall–Kier alpha value is -2.26. The molecule has 8 nitrogen and oxygen atoms in total. The van der Waals surface area contributed by atoms with E-state index in [1.54, 1.807) is 12.1 Å². The van der Waals surface area contributed by atoms with Crippen LogP contribution in [0, 0.1) is 5.92 Å². The van der Waals surface area contributed by atoms with Crippen molar-refractivity contribution in [2.75, 3.05) is 26.2 Å². The highest BCUT2D eigenvalue weighted by atomic mass is 32.2. The number of piperidine rings is 1. The monoisotopic (exact) mass is 446 g/mol. The highest BCUT2D eigenvalue weighted by Crippen LogP contribution is 2.38. The molecule has 1 aromatic heterocycles. The summed E-state index contributed by atoms with van der Waals surface area (Å²) in [5.41, 5.74) is 0.507. The zero-order valence-corrected chi connectivity index (χ0v) is 19.0. The van der Waals surface area contributed by atoms with Crippen molar-refractivity contribution in [2.24, 2.45) is 5.92 Å². The van der Waals surface area contributed by atoms with Crippen LogP contribution in [-0.2, 0) is 16.4 Å². The Morgan fingerprint density at radius 3 is 2.52 bits per heavy atom. The lowest BCUT2D eigenvalue weighted by Crippen LogP contribution is -2.40. The molecule has 1 saturated heterocycles. The largest absolute Gasteiger partial charge is 0.339 e. The van der Waals surface area contributed by atoms with Crippen LogP contribution in [0.3, 0.4) is 0 Å². The van der Waals surface area contributed by atoms with Gasteiger partial charge in [-0.1, -0.05) is 19.0 Å². The third-order valence-electron chi connectivity index (χ3n) is 6.14. The van der Waals surface area contributed by atoms with Crippen LogP contribution in [0.4, 0.5) is 0 Å². The highest BCUT2D eigenvalue weighted by Gasteiger charge is 2.30. The molecule has 9 heteroatoms. The predicted molar refractivity (Wildman–Crippen MR) is 115 cm³/mol. The number of amides is 1. The molecule has 0 radical (unpaired) electrons. The summed E-state index contributed by atoms with van der Waals surface area (Å²) in [6, 6.07) is 6.28. The van der Waals surface area contributed by atoms with Crippen molar-refractivity contribution in [3.05, 3.63) is 41.5 Å². The van der Waals surface area contributed by atoms with E-state index in [1.807, 2.05) is 18.7 Å². The van der Waals surface area contributed by atoms with E-state index >= 15 is 0 Å². The summed E-state index contributed by atoms with van der Waals surface area (Å²) < 4.78 is 32.1. The summed E-state index contributed by atoms with van der Waals surface area (Å²) in [6.45, 7) is 5.79. The average molecular weight is 447 g/mol. The number of aromatic nitrogens is 2. The van der Waals surface area contributed by atoms with Crippen LogP contribution in [0.2, 0.25) is 0 Å². The topological polar surface area (TPSA) is 96.6 Å². The molecule has 1 aliphatic carbocycles. The zero-order valence-electron chi connectivity index (χ0n) is 18.2. The fourth-order valence-corrected chi connectivity index (χ4v) is 5.64. The maximum Gasteiger partial charge on any atom is 0.253 e. The van der Waals surface area contributed by atoms with E-state index in [0.29, 0.717) is 50.0 Å². The van der Waals surface area contributed by atoms with Gasteiger partial charge in [0, 0.05) is 44.1 Å². The fraction of sp³-hybridized carbons (Fsp3) is 0.591. The third-order valence-corrected chi connectivity index (χ3v) is 8.20. The number of carbonyl (C=O) groups excluding carboxylic acids is 1. The number of hydrogen-bond acceptors (Lipinski definition) is 6. The molecule has 1 unspecified atom stereocenters. The maximum atomic E-state index is 13.0. The number of hydrogen-bond donors (Lipinski definition) is 0. The minimum atomic E-state index is -3.53. The molecule has 2 aliphatic rings. The Morgan fingerprint density at radius 1 is 1.16 bits per heavy atom. The molecule has 168 valence electrons. The van der Waals surface area contributed by atoms with Gasteiger partial charge in [0.05, 0.1) is 4.90 Å². The van der Waals surface area contributed by atoms with Crippen molar-refractivity contribution < 1.29 is 17.7 Å². The van der Waals surface area contributed by atoms with E-state index < -0.39 is 10.0 Å². The predicted octanol–water partition coefficient (Wildman–Crippen LogP) is 3.07. The Kier molecular flexibility index (Phi) is 6.43. The third kappa shape index (κ3) is 4.82. The molecule has 1 amide bonds. The molecule has 2 fully saturated rings. The minimum Gasteiger partial charge on any atom is -0.339 e. The Bertz CT molecular complexity index is 1010. The van der Waals surface area contributed by atoms with Crippen LogP contribution in [0.5, 0.6) is 0 Å². The Morgan fingerprint density at radius 2 is 1.87 bits per heavy atom. The second kappa shape index (κ2) is 9.08. The molecule has 4 rings (SSSR count). The van der Waals surface area contributed by atoms with Crippen LogP contribution in [-0.4, -0.2) is 59.8 Å². The van der Waals surface area contributed by atoms with Crippen molar-refractivity contribution >= 4 is 15.9 Å². The summed E-state index contributed by atoms with van der Waals surface area (Å²) in [5, 5.41) is 4.08. The van der Waals surface area contributed by atoms with Gasteiger partial charge in [-0.15, -0.1) is 0 Å². The van der Waals surface area contributed by atoms with Crippen LogP contribution in [0.25, 0.3) is 0 Å². The first-order chi connectivity index (χ1) is 14.9. The van der Waals surface area contributed by atoms with Crippen molar-refractivity contribution in [1.82, 2.24) is 19.3 Å². The first-order valence-corrected chi connectivity index (χ1v) is 12.6. The molecule has 1 aromatic carbocycles. The van der Waals surface area contributed by atoms with E-state index in [4.69, 9.17) is 4.52 Å². The van der Waals surface area contributed by atoms with Crippen LogP contribution < -0.4 is 0 Å². The van der Waals surface area contributed by atoms with Gasteiger partial charge in [-0.2, -0.15) is 9.29 Å². The molecule has 2 aromatic rings. The van der Waals surface area contributed by atoms with E-state index in [9.17, 15) is 13.2 Å². The van der Waals surface area contributed by atoms with Gasteiger partial charge in [0.1, 0.15) is 0 Å². The second-order valence-electron chi connectivity index (χ2n) is 8.40. The van der Waals surface area contributed by atoms with E-state index in [1.165, 1.54) is 16.4 Å².